The van der Waals surface area contributed by atoms with Gasteiger partial charge in [-0.05, 0) is 37.5 Å². The van der Waals surface area contributed by atoms with Crippen molar-refractivity contribution in [1.82, 2.24) is 4.90 Å². The van der Waals surface area contributed by atoms with E-state index < -0.39 is 34.3 Å². The Morgan fingerprint density at radius 3 is 2.25 bits per heavy atom. The zero-order valence-corrected chi connectivity index (χ0v) is 25.4. The van der Waals surface area contributed by atoms with E-state index in [1.807, 2.05) is 43.3 Å². The third-order valence-electron chi connectivity index (χ3n) is 8.64. The number of nitrogens with zero attached hydrogens (tertiary/aromatic N) is 3. The number of nitro groups is 1. The molecular formula is C35H37N3O6. The van der Waals surface area contributed by atoms with E-state index in [9.17, 15) is 19.7 Å². The predicted octanol–water partition coefficient (Wildman–Crippen LogP) is 6.06. The van der Waals surface area contributed by atoms with Gasteiger partial charge < -0.3 is 9.47 Å². The standard InChI is InChI=1S/C35H37N3O6/c1-23-30(33(39)43-4)32(27-16-11-17-28(20-27)38(41)42)31(24(2)36-23)34(40)44-35(3)18-19-37(22-35)21-29(25-12-7-5-8-13-25)26-14-9-6-10-15-26/h5-17,20,29-30,32H,18-19,21-22H2,1-4H3/t30?,32-,35-/m0/s1. The average Bonchev–Trinajstić information content (AvgIpc) is 3.39. The van der Waals surface area contributed by atoms with Crippen LogP contribution in [0.5, 0.6) is 0 Å². The normalized spacial score (nSPS) is 22.1. The van der Waals surface area contributed by atoms with Gasteiger partial charge in [-0.2, -0.15) is 0 Å². The second-order valence-electron chi connectivity index (χ2n) is 11.8. The molecule has 9 nitrogen and oxygen atoms in total. The summed E-state index contributed by atoms with van der Waals surface area (Å²) in [5, 5.41) is 11.6. The molecule has 0 N–H and O–H groups in total. The fraction of sp³-hybridized carbons (Fsp3) is 0.343. The lowest BCUT2D eigenvalue weighted by atomic mass is 9.75. The van der Waals surface area contributed by atoms with Crippen LogP contribution in [0.25, 0.3) is 0 Å². The molecule has 228 valence electrons. The first-order chi connectivity index (χ1) is 21.1. The Morgan fingerprint density at radius 2 is 1.66 bits per heavy atom. The van der Waals surface area contributed by atoms with Crippen molar-refractivity contribution in [2.75, 3.05) is 26.7 Å². The molecule has 44 heavy (non-hydrogen) atoms. The van der Waals surface area contributed by atoms with Crippen molar-refractivity contribution in [3.8, 4) is 0 Å². The second-order valence-corrected chi connectivity index (χ2v) is 11.8. The zero-order chi connectivity index (χ0) is 31.4. The van der Waals surface area contributed by atoms with E-state index in [0.29, 0.717) is 29.9 Å². The largest absolute Gasteiger partial charge is 0.468 e. The number of carbonyl (C=O) groups is 2. The number of carbonyl (C=O) groups excluding carboxylic acids is 2. The molecule has 0 radical (unpaired) electrons. The van der Waals surface area contributed by atoms with Crippen LogP contribution in [-0.2, 0) is 19.1 Å². The van der Waals surface area contributed by atoms with Gasteiger partial charge in [0, 0.05) is 61.4 Å². The van der Waals surface area contributed by atoms with Crippen molar-refractivity contribution in [3.05, 3.63) is 123 Å². The van der Waals surface area contributed by atoms with Crippen LogP contribution in [-0.4, -0.2) is 59.8 Å². The Bertz CT molecular complexity index is 1560. The summed E-state index contributed by atoms with van der Waals surface area (Å²) in [7, 11) is 1.27. The number of methoxy groups -OCH3 is 1. The predicted molar refractivity (Wildman–Crippen MR) is 167 cm³/mol. The van der Waals surface area contributed by atoms with Crippen LogP contribution in [0.1, 0.15) is 55.7 Å². The fourth-order valence-electron chi connectivity index (χ4n) is 6.50. The number of rotatable bonds is 9. The number of ether oxygens (including phenoxy) is 2. The van der Waals surface area contributed by atoms with Gasteiger partial charge in [-0.3, -0.25) is 24.8 Å². The van der Waals surface area contributed by atoms with Crippen LogP contribution < -0.4 is 0 Å². The number of allylic oxidation sites excluding steroid dienone is 1. The molecule has 0 aromatic heterocycles. The van der Waals surface area contributed by atoms with Gasteiger partial charge in [-0.25, -0.2) is 4.79 Å². The van der Waals surface area contributed by atoms with E-state index in [2.05, 4.69) is 34.2 Å². The van der Waals surface area contributed by atoms with Crippen LogP contribution in [0.2, 0.25) is 0 Å². The maximum atomic E-state index is 14.1. The molecule has 0 aliphatic carbocycles. The van der Waals surface area contributed by atoms with Crippen molar-refractivity contribution < 1.29 is 24.0 Å². The number of hydrogen-bond donors (Lipinski definition) is 0. The first-order valence-electron chi connectivity index (χ1n) is 14.7. The fourth-order valence-corrected chi connectivity index (χ4v) is 6.50. The maximum Gasteiger partial charge on any atom is 0.337 e. The molecule has 2 aliphatic rings. The number of likely N-dealkylation sites (tertiary alicyclic amines) is 1. The van der Waals surface area contributed by atoms with E-state index in [0.717, 1.165) is 13.1 Å². The smallest absolute Gasteiger partial charge is 0.337 e. The highest BCUT2D eigenvalue weighted by Crippen LogP contribution is 2.42. The van der Waals surface area contributed by atoms with Crippen molar-refractivity contribution in [2.24, 2.45) is 10.9 Å². The van der Waals surface area contributed by atoms with Crippen LogP contribution in [0.3, 0.4) is 0 Å². The summed E-state index contributed by atoms with van der Waals surface area (Å²) >= 11 is 0. The van der Waals surface area contributed by atoms with Crippen LogP contribution in [0, 0.1) is 16.0 Å². The van der Waals surface area contributed by atoms with E-state index >= 15 is 0 Å². The summed E-state index contributed by atoms with van der Waals surface area (Å²) in [6.45, 7) is 7.36. The first kappa shape index (κ1) is 30.8. The van der Waals surface area contributed by atoms with Crippen molar-refractivity contribution >= 4 is 23.3 Å². The molecule has 0 saturated carbocycles. The molecule has 1 saturated heterocycles. The first-order valence-corrected chi connectivity index (χ1v) is 14.7. The topological polar surface area (TPSA) is 111 Å². The van der Waals surface area contributed by atoms with Gasteiger partial charge in [0.05, 0.1) is 17.6 Å². The molecule has 2 aliphatic heterocycles. The highest BCUT2D eigenvalue weighted by molar-refractivity contribution is 6.07. The van der Waals surface area contributed by atoms with Gasteiger partial charge in [0.2, 0.25) is 0 Å². The Hall–Kier alpha value is -4.63. The number of benzene rings is 3. The van der Waals surface area contributed by atoms with Gasteiger partial charge in [-0.15, -0.1) is 0 Å². The summed E-state index contributed by atoms with van der Waals surface area (Å²) in [4.78, 5) is 45.0. The average molecular weight is 596 g/mol. The lowest BCUT2D eigenvalue weighted by Crippen LogP contribution is -2.40. The molecule has 9 heteroatoms. The van der Waals surface area contributed by atoms with Crippen molar-refractivity contribution in [1.29, 1.82) is 0 Å². The number of nitro benzene ring substituents is 1. The maximum absolute atomic E-state index is 14.1. The van der Waals surface area contributed by atoms with Crippen LogP contribution >= 0.6 is 0 Å². The molecule has 0 spiro atoms. The molecule has 0 bridgehead atoms. The van der Waals surface area contributed by atoms with Crippen LogP contribution in [0.4, 0.5) is 5.69 Å². The molecule has 2 heterocycles. The zero-order valence-electron chi connectivity index (χ0n) is 25.4. The SMILES string of the molecule is COC(=O)C1C(C)=NC(C)=C(C(=O)O[C@@]2(C)CCN(CC(c3ccccc3)c3ccccc3)C2)[C@H]1c1cccc([N+](=O)[O-])c1. The molecule has 3 aromatic carbocycles. The van der Waals surface area contributed by atoms with Crippen LogP contribution in [0.15, 0.2) is 101 Å². The minimum atomic E-state index is -0.932. The molecule has 1 unspecified atom stereocenters. The number of hydrogen-bond acceptors (Lipinski definition) is 8. The summed E-state index contributed by atoms with van der Waals surface area (Å²) in [5.74, 6) is -2.80. The van der Waals surface area contributed by atoms with Gasteiger partial charge in [0.1, 0.15) is 11.5 Å². The minimum Gasteiger partial charge on any atom is -0.468 e. The Balaban J connectivity index is 1.41. The van der Waals surface area contributed by atoms with Gasteiger partial charge >= 0.3 is 11.9 Å². The molecule has 3 atom stereocenters. The Kier molecular flexibility index (Phi) is 9.06. The summed E-state index contributed by atoms with van der Waals surface area (Å²) in [6.07, 6.45) is 0.631. The summed E-state index contributed by atoms with van der Waals surface area (Å²) in [6, 6.07) is 26.8. The molecular weight excluding hydrogens is 558 g/mol. The van der Waals surface area contributed by atoms with E-state index in [1.54, 1.807) is 26.0 Å². The Morgan fingerprint density at radius 1 is 1.02 bits per heavy atom. The highest BCUT2D eigenvalue weighted by Gasteiger charge is 2.45. The number of non-ortho nitro benzene ring substituents is 1. The third kappa shape index (κ3) is 6.48. The van der Waals surface area contributed by atoms with Gasteiger partial charge in [-0.1, -0.05) is 72.8 Å². The Labute approximate surface area is 257 Å². The lowest BCUT2D eigenvalue weighted by molar-refractivity contribution is -0.384. The second kappa shape index (κ2) is 12.9. The summed E-state index contributed by atoms with van der Waals surface area (Å²) < 4.78 is 11.4. The lowest BCUT2D eigenvalue weighted by Gasteiger charge is -2.33. The number of esters is 2. The van der Waals surface area contributed by atoms with E-state index in [-0.39, 0.29) is 17.2 Å². The highest BCUT2D eigenvalue weighted by atomic mass is 16.6. The van der Waals surface area contributed by atoms with Gasteiger partial charge in [0.15, 0.2) is 0 Å². The van der Waals surface area contributed by atoms with Gasteiger partial charge in [0.25, 0.3) is 5.69 Å². The van der Waals surface area contributed by atoms with Crippen molar-refractivity contribution in [3.63, 3.8) is 0 Å². The molecule has 3 aromatic rings. The third-order valence-corrected chi connectivity index (χ3v) is 8.64. The molecule has 1 fully saturated rings. The molecule has 5 rings (SSSR count). The quantitative estimate of drug-likeness (QED) is 0.168. The van der Waals surface area contributed by atoms with Crippen molar-refractivity contribution in [2.45, 2.75) is 44.6 Å². The minimum absolute atomic E-state index is 0.138. The summed E-state index contributed by atoms with van der Waals surface area (Å²) in [5.41, 5.74) is 3.04. The van der Waals surface area contributed by atoms with E-state index in [4.69, 9.17) is 9.47 Å². The monoisotopic (exact) mass is 595 g/mol. The molecule has 0 amide bonds. The number of aliphatic imine (C=N–C) groups is 1. The van der Waals surface area contributed by atoms with E-state index in [1.165, 1.54) is 30.4 Å².